The summed E-state index contributed by atoms with van der Waals surface area (Å²) in [5.41, 5.74) is 1.70. The molecule has 0 aliphatic rings. The van der Waals surface area contributed by atoms with Crippen molar-refractivity contribution in [2.75, 3.05) is 5.33 Å². The molecule has 3 atom stereocenters. The van der Waals surface area contributed by atoms with E-state index >= 15 is 0 Å². The smallest absolute Gasteiger partial charge is 0.177 e. The summed E-state index contributed by atoms with van der Waals surface area (Å²) in [5, 5.41) is 0.581. The van der Waals surface area contributed by atoms with Gasteiger partial charge in [-0.05, 0) is 45.8 Å². The molecule has 0 N–H and O–H groups in total. The Balaban J connectivity index is 2.07. The molecule has 6 heteroatoms. The zero-order valence-corrected chi connectivity index (χ0v) is 18.3. The van der Waals surface area contributed by atoms with Gasteiger partial charge in [-0.25, -0.2) is 0 Å². The molecule has 2 nitrogen and oxygen atoms in total. The number of halogens is 4. The first kappa shape index (κ1) is 19.2. The number of hydrogen-bond donors (Lipinski definition) is 0. The molecule has 23 heavy (non-hydrogen) atoms. The highest BCUT2D eigenvalue weighted by Gasteiger charge is 2.25. The topological polar surface area (TPSA) is 26.3 Å². The minimum atomic E-state index is -0.344. The highest BCUT2D eigenvalue weighted by molar-refractivity contribution is 9.12. The molecule has 0 saturated heterocycles. The van der Waals surface area contributed by atoms with E-state index < -0.39 is 0 Å². The van der Waals surface area contributed by atoms with Gasteiger partial charge in [0.1, 0.15) is 5.75 Å². The summed E-state index contributed by atoms with van der Waals surface area (Å²) in [6, 6.07) is 17.0. The molecule has 2 aromatic rings. The van der Waals surface area contributed by atoms with E-state index in [-0.39, 0.29) is 20.5 Å². The third-order valence-corrected chi connectivity index (χ3v) is 7.83. The number of ether oxygens (including phenoxy) is 1. The molecule has 0 saturated carbocycles. The molecule has 0 spiro atoms. The van der Waals surface area contributed by atoms with Gasteiger partial charge in [0.05, 0.1) is 15.0 Å². The van der Waals surface area contributed by atoms with E-state index in [1.165, 1.54) is 0 Å². The third kappa shape index (κ3) is 5.41. The summed E-state index contributed by atoms with van der Waals surface area (Å²) in [5.74, 6) is 0.741. The van der Waals surface area contributed by atoms with Crippen molar-refractivity contribution in [1.29, 1.82) is 0 Å². The zero-order chi connectivity index (χ0) is 16.8. The van der Waals surface area contributed by atoms with E-state index in [0.29, 0.717) is 16.6 Å². The fraction of sp³-hybridized carbons (Fsp3) is 0.235. The van der Waals surface area contributed by atoms with Crippen molar-refractivity contribution in [1.82, 2.24) is 0 Å². The van der Waals surface area contributed by atoms with Gasteiger partial charge >= 0.3 is 0 Å². The second-order valence-corrected chi connectivity index (χ2v) is 8.43. The lowest BCUT2D eigenvalue weighted by Gasteiger charge is -2.16. The lowest BCUT2D eigenvalue weighted by Crippen LogP contribution is -2.19. The monoisotopic (exact) mass is 566 g/mol. The van der Waals surface area contributed by atoms with E-state index in [0.717, 1.165) is 5.56 Å². The van der Waals surface area contributed by atoms with Crippen molar-refractivity contribution < 1.29 is 9.53 Å². The number of carbonyl (C=O) groups excluding carboxylic acids is 1. The van der Waals surface area contributed by atoms with Gasteiger partial charge in [0.15, 0.2) is 10.8 Å². The molecule has 0 aliphatic heterocycles. The quantitative estimate of drug-likeness (QED) is 0.291. The molecule has 122 valence electrons. The SMILES string of the molecule is O=C(c1ccc(OC(Br)CBr)cc1)[C@@H](Br)[C@@H](Br)c1ccccc1. The second kappa shape index (κ2) is 9.35. The van der Waals surface area contributed by atoms with Crippen molar-refractivity contribution in [3.8, 4) is 5.75 Å². The van der Waals surface area contributed by atoms with Crippen molar-refractivity contribution in [2.45, 2.75) is 14.7 Å². The summed E-state index contributed by atoms with van der Waals surface area (Å²) in [4.78, 5) is 12.2. The first-order valence-electron chi connectivity index (χ1n) is 6.87. The summed E-state index contributed by atoms with van der Waals surface area (Å²) < 4.78 is 5.61. The van der Waals surface area contributed by atoms with Gasteiger partial charge in [0, 0.05) is 5.56 Å². The average Bonchev–Trinajstić information content (AvgIpc) is 2.61. The predicted octanol–water partition coefficient (Wildman–Crippen LogP) is 6.26. The normalized spacial score (nSPS) is 14.8. The van der Waals surface area contributed by atoms with Crippen LogP contribution in [0.2, 0.25) is 0 Å². The Hall–Kier alpha value is -0.170. The van der Waals surface area contributed by atoms with Gasteiger partial charge in [0.25, 0.3) is 0 Å². The molecule has 0 radical (unpaired) electrons. The maximum Gasteiger partial charge on any atom is 0.177 e. The summed E-state index contributed by atoms with van der Waals surface area (Å²) in [7, 11) is 0. The Morgan fingerprint density at radius 1 is 0.957 bits per heavy atom. The van der Waals surface area contributed by atoms with Crippen molar-refractivity contribution in [2.24, 2.45) is 0 Å². The fourth-order valence-corrected chi connectivity index (χ4v) is 3.44. The van der Waals surface area contributed by atoms with Gasteiger partial charge in [0.2, 0.25) is 0 Å². The molecule has 0 bridgehead atoms. The van der Waals surface area contributed by atoms with Crippen LogP contribution < -0.4 is 4.74 Å². The van der Waals surface area contributed by atoms with Crippen LogP contribution in [0.5, 0.6) is 5.75 Å². The maximum atomic E-state index is 12.6. The van der Waals surface area contributed by atoms with Gasteiger partial charge in [-0.2, -0.15) is 0 Å². The molecule has 1 unspecified atom stereocenters. The molecule has 2 aromatic carbocycles. The average molecular weight is 570 g/mol. The van der Waals surface area contributed by atoms with Crippen LogP contribution in [0, 0.1) is 0 Å². The lowest BCUT2D eigenvalue weighted by molar-refractivity contribution is 0.0991. The Labute approximate surface area is 169 Å². The highest BCUT2D eigenvalue weighted by atomic mass is 79.9. The van der Waals surface area contributed by atoms with Crippen LogP contribution in [-0.2, 0) is 0 Å². The van der Waals surface area contributed by atoms with E-state index in [1.807, 2.05) is 30.3 Å². The molecular weight excluding hydrogens is 556 g/mol. The van der Waals surface area contributed by atoms with E-state index in [9.17, 15) is 4.79 Å². The maximum absolute atomic E-state index is 12.6. The largest absolute Gasteiger partial charge is 0.478 e. The molecule has 0 aliphatic carbocycles. The van der Waals surface area contributed by atoms with Crippen LogP contribution in [0.25, 0.3) is 0 Å². The molecule has 0 amide bonds. The molecular formula is C17H14Br4O2. The van der Waals surface area contributed by atoms with E-state index in [1.54, 1.807) is 24.3 Å². The van der Waals surface area contributed by atoms with Crippen LogP contribution in [0.1, 0.15) is 20.7 Å². The Kier molecular flexibility index (Phi) is 7.79. The van der Waals surface area contributed by atoms with Gasteiger partial charge in [-0.1, -0.05) is 78.1 Å². The van der Waals surface area contributed by atoms with Gasteiger partial charge < -0.3 is 4.74 Å². The number of hydrogen-bond acceptors (Lipinski definition) is 2. The number of Topliss-reactive ketones (excluding diaryl/α,β-unsaturated/α-hetero) is 1. The van der Waals surface area contributed by atoms with Crippen LogP contribution in [0.3, 0.4) is 0 Å². The minimum Gasteiger partial charge on any atom is -0.478 e. The molecule has 0 fully saturated rings. The summed E-state index contributed by atoms with van der Waals surface area (Å²) in [6.45, 7) is 0. The zero-order valence-electron chi connectivity index (χ0n) is 12.0. The van der Waals surface area contributed by atoms with E-state index in [2.05, 4.69) is 63.7 Å². The molecule has 2 rings (SSSR count). The van der Waals surface area contributed by atoms with Gasteiger partial charge in [-0.15, -0.1) is 0 Å². The van der Waals surface area contributed by atoms with Crippen LogP contribution in [-0.4, -0.2) is 21.0 Å². The Morgan fingerprint density at radius 3 is 2.13 bits per heavy atom. The Morgan fingerprint density at radius 2 is 1.57 bits per heavy atom. The van der Waals surface area contributed by atoms with Crippen LogP contribution in [0.4, 0.5) is 0 Å². The van der Waals surface area contributed by atoms with Gasteiger partial charge in [-0.3, -0.25) is 4.79 Å². The highest BCUT2D eigenvalue weighted by Crippen LogP contribution is 2.33. The Bertz CT molecular complexity index is 631. The number of rotatable bonds is 7. The van der Waals surface area contributed by atoms with Crippen LogP contribution >= 0.6 is 63.7 Å². The fourth-order valence-electron chi connectivity index (χ4n) is 1.97. The second-order valence-electron chi connectivity index (χ2n) is 4.79. The summed E-state index contributed by atoms with van der Waals surface area (Å²) >= 11 is 13.8. The lowest BCUT2D eigenvalue weighted by atomic mass is 10.0. The van der Waals surface area contributed by atoms with Crippen LogP contribution in [0.15, 0.2) is 54.6 Å². The third-order valence-electron chi connectivity index (χ3n) is 3.15. The number of carbonyl (C=O) groups is 1. The standard InChI is InChI=1S/C17H14Br4O2/c18-10-14(19)23-13-8-6-12(7-9-13)17(22)16(21)15(20)11-4-2-1-3-5-11/h1-9,14-16H,10H2/t14?,15-,16-/m0/s1. The summed E-state index contributed by atoms with van der Waals surface area (Å²) in [6.07, 6.45) is 0. The molecule has 0 heterocycles. The first-order valence-corrected chi connectivity index (χ1v) is 10.7. The van der Waals surface area contributed by atoms with E-state index in [4.69, 9.17) is 4.74 Å². The van der Waals surface area contributed by atoms with Crippen molar-refractivity contribution >= 4 is 69.5 Å². The number of ketones is 1. The minimum absolute atomic E-state index is 0.0261. The molecule has 0 aromatic heterocycles. The van der Waals surface area contributed by atoms with Crippen molar-refractivity contribution in [3.05, 3.63) is 65.7 Å². The number of alkyl halides is 4. The number of benzene rings is 2. The predicted molar refractivity (Wildman–Crippen MR) is 109 cm³/mol. The van der Waals surface area contributed by atoms with Crippen molar-refractivity contribution in [3.63, 3.8) is 0 Å². The first-order chi connectivity index (χ1) is 11.0.